The molecular formula is C25H29N3O3. The molecule has 0 radical (unpaired) electrons. The lowest BCUT2D eigenvalue weighted by molar-refractivity contribution is 0.0616. The Labute approximate surface area is 183 Å². The number of ether oxygens (including phenoxy) is 1. The number of carbonyl (C=O) groups excluding carboxylic acids is 1. The van der Waals surface area contributed by atoms with Gasteiger partial charge in [-0.1, -0.05) is 47.1 Å². The molecule has 0 atom stereocenters. The lowest BCUT2D eigenvalue weighted by Gasteiger charge is -2.34. The number of hydrogen-bond donors (Lipinski definition) is 0. The van der Waals surface area contributed by atoms with E-state index in [4.69, 9.17) is 9.26 Å². The van der Waals surface area contributed by atoms with E-state index in [1.165, 1.54) is 11.1 Å². The second-order valence-corrected chi connectivity index (χ2v) is 8.23. The van der Waals surface area contributed by atoms with Crippen molar-refractivity contribution in [3.63, 3.8) is 0 Å². The summed E-state index contributed by atoms with van der Waals surface area (Å²) in [5.74, 6) is 1.30. The van der Waals surface area contributed by atoms with E-state index in [0.29, 0.717) is 30.1 Å². The van der Waals surface area contributed by atoms with Crippen molar-refractivity contribution in [2.75, 3.05) is 26.2 Å². The zero-order valence-electron chi connectivity index (χ0n) is 18.4. The predicted molar refractivity (Wildman–Crippen MR) is 119 cm³/mol. The smallest absolute Gasteiger partial charge is 0.276 e. The van der Waals surface area contributed by atoms with Crippen molar-refractivity contribution in [3.8, 4) is 5.75 Å². The molecule has 2 aromatic carbocycles. The van der Waals surface area contributed by atoms with Crippen LogP contribution in [0.4, 0.5) is 0 Å². The number of piperazine rings is 1. The molecule has 1 fully saturated rings. The highest BCUT2D eigenvalue weighted by atomic mass is 16.5. The van der Waals surface area contributed by atoms with Crippen molar-refractivity contribution in [2.45, 2.75) is 33.9 Å². The maximum atomic E-state index is 13.1. The van der Waals surface area contributed by atoms with Crippen LogP contribution in [0.2, 0.25) is 0 Å². The van der Waals surface area contributed by atoms with Crippen LogP contribution in [-0.4, -0.2) is 47.0 Å². The zero-order chi connectivity index (χ0) is 21.8. The molecule has 6 heteroatoms. The van der Waals surface area contributed by atoms with E-state index in [1.807, 2.05) is 43.0 Å². The van der Waals surface area contributed by atoms with Crippen LogP contribution in [0.25, 0.3) is 0 Å². The van der Waals surface area contributed by atoms with E-state index in [0.717, 1.165) is 30.9 Å². The molecule has 1 aromatic heterocycles. The van der Waals surface area contributed by atoms with Gasteiger partial charge in [0.25, 0.3) is 5.91 Å². The predicted octanol–water partition coefficient (Wildman–Crippen LogP) is 4.14. The molecule has 0 N–H and O–H groups in total. The third kappa shape index (κ3) is 5.14. The third-order valence-corrected chi connectivity index (χ3v) is 5.71. The summed E-state index contributed by atoms with van der Waals surface area (Å²) in [6.07, 6.45) is 0. The summed E-state index contributed by atoms with van der Waals surface area (Å²) in [4.78, 5) is 17.4. The van der Waals surface area contributed by atoms with Crippen LogP contribution in [0.3, 0.4) is 0 Å². The Balaban J connectivity index is 1.37. The minimum Gasteiger partial charge on any atom is -0.489 e. The zero-order valence-corrected chi connectivity index (χ0v) is 18.4. The minimum absolute atomic E-state index is 0.0881. The van der Waals surface area contributed by atoms with E-state index in [-0.39, 0.29) is 12.5 Å². The minimum atomic E-state index is -0.0881. The van der Waals surface area contributed by atoms with Crippen LogP contribution in [-0.2, 0) is 13.2 Å². The largest absolute Gasteiger partial charge is 0.489 e. The first-order chi connectivity index (χ1) is 15.0. The molecule has 1 amide bonds. The first-order valence-corrected chi connectivity index (χ1v) is 10.7. The van der Waals surface area contributed by atoms with Gasteiger partial charge in [0.05, 0.1) is 5.56 Å². The number of carbonyl (C=O) groups is 1. The molecule has 1 saturated heterocycles. The van der Waals surface area contributed by atoms with Crippen molar-refractivity contribution < 1.29 is 14.1 Å². The Morgan fingerprint density at radius 2 is 1.71 bits per heavy atom. The van der Waals surface area contributed by atoms with E-state index in [9.17, 15) is 4.79 Å². The summed E-state index contributed by atoms with van der Waals surface area (Å²) in [6.45, 7) is 10.1. The highest BCUT2D eigenvalue weighted by Gasteiger charge is 2.28. The Bertz CT molecular complexity index is 1050. The Kier molecular flexibility index (Phi) is 6.37. The second-order valence-electron chi connectivity index (χ2n) is 8.23. The average Bonchev–Trinajstić information content (AvgIpc) is 3.13. The first-order valence-electron chi connectivity index (χ1n) is 10.7. The molecule has 0 aliphatic carbocycles. The van der Waals surface area contributed by atoms with E-state index >= 15 is 0 Å². The third-order valence-electron chi connectivity index (χ3n) is 5.71. The lowest BCUT2D eigenvalue weighted by Crippen LogP contribution is -2.48. The number of hydrogen-bond acceptors (Lipinski definition) is 5. The fourth-order valence-corrected chi connectivity index (χ4v) is 3.92. The Morgan fingerprint density at radius 1 is 1.00 bits per heavy atom. The van der Waals surface area contributed by atoms with Gasteiger partial charge in [0, 0.05) is 32.7 Å². The molecule has 0 bridgehead atoms. The monoisotopic (exact) mass is 419 g/mol. The number of rotatable bonds is 6. The molecule has 31 heavy (non-hydrogen) atoms. The SMILES string of the molecule is Cc1cccc(CN2CCN(C(=O)c3noc(C)c3COc3cccc(C)c3)CC2)c1. The van der Waals surface area contributed by atoms with Crippen molar-refractivity contribution in [2.24, 2.45) is 0 Å². The standard InChI is InChI=1S/C25H29N3O3/c1-18-6-4-8-21(14-18)16-27-10-12-28(13-11-27)25(29)24-23(20(3)31-26-24)17-30-22-9-5-7-19(2)15-22/h4-9,14-15H,10-13,16-17H2,1-3H3. The van der Waals surface area contributed by atoms with Gasteiger partial charge >= 0.3 is 0 Å². The van der Waals surface area contributed by atoms with Crippen LogP contribution in [0, 0.1) is 20.8 Å². The lowest BCUT2D eigenvalue weighted by atomic mass is 10.1. The molecule has 0 saturated carbocycles. The maximum absolute atomic E-state index is 13.1. The summed E-state index contributed by atoms with van der Waals surface area (Å²) in [5.41, 5.74) is 4.78. The van der Waals surface area contributed by atoms with E-state index < -0.39 is 0 Å². The molecular weight excluding hydrogens is 390 g/mol. The number of nitrogens with zero attached hydrogens (tertiary/aromatic N) is 3. The van der Waals surface area contributed by atoms with E-state index in [1.54, 1.807) is 0 Å². The Hall–Kier alpha value is -3.12. The van der Waals surface area contributed by atoms with E-state index in [2.05, 4.69) is 41.2 Å². The topological polar surface area (TPSA) is 58.8 Å². The summed E-state index contributed by atoms with van der Waals surface area (Å²) in [6, 6.07) is 16.4. The highest BCUT2D eigenvalue weighted by Crippen LogP contribution is 2.21. The molecule has 6 nitrogen and oxygen atoms in total. The molecule has 4 rings (SSSR count). The normalized spacial score (nSPS) is 14.6. The van der Waals surface area contributed by atoms with Crippen LogP contribution in [0.15, 0.2) is 53.1 Å². The molecule has 1 aliphatic heterocycles. The van der Waals surface area contributed by atoms with Crippen LogP contribution < -0.4 is 4.74 Å². The number of benzene rings is 2. The van der Waals surface area contributed by atoms with Gasteiger partial charge in [-0.3, -0.25) is 9.69 Å². The van der Waals surface area contributed by atoms with Gasteiger partial charge < -0.3 is 14.2 Å². The Morgan fingerprint density at radius 3 is 2.42 bits per heavy atom. The summed E-state index contributed by atoms with van der Waals surface area (Å²) < 4.78 is 11.2. The van der Waals surface area contributed by atoms with Crippen LogP contribution in [0.1, 0.15) is 38.5 Å². The summed E-state index contributed by atoms with van der Waals surface area (Å²) in [5, 5.41) is 4.06. The number of aryl methyl sites for hydroxylation is 3. The van der Waals surface area contributed by atoms with Gasteiger partial charge in [-0.15, -0.1) is 0 Å². The molecule has 3 aromatic rings. The average molecular weight is 420 g/mol. The summed E-state index contributed by atoms with van der Waals surface area (Å²) in [7, 11) is 0. The van der Waals surface area contributed by atoms with Gasteiger partial charge in [-0.25, -0.2) is 0 Å². The fraction of sp³-hybridized carbons (Fsp3) is 0.360. The van der Waals surface area contributed by atoms with Gasteiger partial charge in [0.1, 0.15) is 18.1 Å². The molecule has 2 heterocycles. The first kappa shape index (κ1) is 21.1. The van der Waals surface area contributed by atoms with Crippen molar-refractivity contribution in [3.05, 3.63) is 82.2 Å². The fourth-order valence-electron chi connectivity index (χ4n) is 3.92. The van der Waals surface area contributed by atoms with Gasteiger partial charge in [-0.05, 0) is 44.0 Å². The molecule has 162 valence electrons. The summed E-state index contributed by atoms with van der Waals surface area (Å²) >= 11 is 0. The van der Waals surface area contributed by atoms with Crippen LogP contribution >= 0.6 is 0 Å². The second kappa shape index (κ2) is 9.35. The van der Waals surface area contributed by atoms with Crippen LogP contribution in [0.5, 0.6) is 5.75 Å². The molecule has 1 aliphatic rings. The molecule has 0 spiro atoms. The van der Waals surface area contributed by atoms with Crippen molar-refractivity contribution in [1.82, 2.24) is 15.0 Å². The highest BCUT2D eigenvalue weighted by molar-refractivity contribution is 5.93. The number of aromatic nitrogens is 1. The van der Waals surface area contributed by atoms with Gasteiger partial charge in [-0.2, -0.15) is 0 Å². The molecule has 0 unspecified atom stereocenters. The van der Waals surface area contributed by atoms with Gasteiger partial charge in [0.2, 0.25) is 0 Å². The quantitative estimate of drug-likeness (QED) is 0.601. The van der Waals surface area contributed by atoms with Crippen molar-refractivity contribution >= 4 is 5.91 Å². The maximum Gasteiger partial charge on any atom is 0.276 e. The number of amides is 1. The van der Waals surface area contributed by atoms with Crippen molar-refractivity contribution in [1.29, 1.82) is 0 Å². The van der Waals surface area contributed by atoms with Gasteiger partial charge in [0.15, 0.2) is 5.69 Å².